The Balaban J connectivity index is 2.92. The molecule has 0 unspecified atom stereocenters. The Labute approximate surface area is 103 Å². The lowest BCUT2D eigenvalue weighted by Crippen LogP contribution is -2.16. The molecule has 92 valence electrons. The second-order valence-corrected chi connectivity index (χ2v) is 6.91. The molecule has 0 fully saturated rings. The van der Waals surface area contributed by atoms with Crippen molar-refractivity contribution in [3.63, 3.8) is 0 Å². The van der Waals surface area contributed by atoms with E-state index >= 15 is 0 Å². The lowest BCUT2D eigenvalue weighted by molar-refractivity contribution is 0.473. The zero-order valence-corrected chi connectivity index (χ0v) is 11.2. The van der Waals surface area contributed by atoms with Gasteiger partial charge in [-0.25, -0.2) is 8.42 Å². The average molecular weight is 251 g/mol. The minimum atomic E-state index is -3.29. The second kappa shape index (κ2) is 4.89. The quantitative estimate of drug-likeness (QED) is 0.826. The van der Waals surface area contributed by atoms with Gasteiger partial charge in [0.25, 0.3) is 0 Å². The first kappa shape index (κ1) is 13.7. The maximum absolute atomic E-state index is 12.1. The fraction of sp³-hybridized carbons (Fsp3) is 0.462. The van der Waals surface area contributed by atoms with Crippen molar-refractivity contribution in [3.05, 3.63) is 29.8 Å². The molecule has 0 N–H and O–H groups in total. The van der Waals surface area contributed by atoms with E-state index in [1.165, 1.54) is 0 Å². The molecule has 3 nitrogen and oxygen atoms in total. The van der Waals surface area contributed by atoms with Crippen molar-refractivity contribution in [3.8, 4) is 6.07 Å². The topological polar surface area (TPSA) is 57.9 Å². The summed E-state index contributed by atoms with van der Waals surface area (Å²) < 4.78 is 24.2. The smallest absolute Gasteiger partial charge is 0.178 e. The van der Waals surface area contributed by atoms with Gasteiger partial charge in [-0.3, -0.25) is 0 Å². The van der Waals surface area contributed by atoms with Crippen LogP contribution in [0.2, 0.25) is 0 Å². The average Bonchev–Trinajstić information content (AvgIpc) is 2.27. The van der Waals surface area contributed by atoms with Gasteiger partial charge < -0.3 is 0 Å². The Bertz CT molecular complexity index is 539. The minimum Gasteiger partial charge on any atom is -0.224 e. The van der Waals surface area contributed by atoms with E-state index in [2.05, 4.69) is 6.07 Å². The van der Waals surface area contributed by atoms with Crippen LogP contribution in [0.4, 0.5) is 0 Å². The van der Waals surface area contributed by atoms with Gasteiger partial charge >= 0.3 is 0 Å². The molecule has 0 saturated carbocycles. The molecule has 0 aliphatic carbocycles. The molecular formula is C13H17NO2S. The molecule has 0 radical (unpaired) electrons. The summed E-state index contributed by atoms with van der Waals surface area (Å²) in [5.41, 5.74) is 0.151. The van der Waals surface area contributed by atoms with E-state index in [4.69, 9.17) is 5.26 Å². The van der Waals surface area contributed by atoms with Crippen LogP contribution >= 0.6 is 0 Å². The largest absolute Gasteiger partial charge is 0.224 e. The Morgan fingerprint density at radius 1 is 1.29 bits per heavy atom. The third-order valence-electron chi connectivity index (χ3n) is 2.73. The van der Waals surface area contributed by atoms with Crippen LogP contribution in [0.5, 0.6) is 0 Å². The fourth-order valence-electron chi connectivity index (χ4n) is 1.46. The van der Waals surface area contributed by atoms with Crippen LogP contribution in [0.1, 0.15) is 25.8 Å². The lowest BCUT2D eigenvalue weighted by atomic mass is 9.93. The van der Waals surface area contributed by atoms with Gasteiger partial charge in [0.2, 0.25) is 0 Å². The van der Waals surface area contributed by atoms with Crippen LogP contribution in [0.25, 0.3) is 0 Å². The van der Waals surface area contributed by atoms with Crippen molar-refractivity contribution in [1.29, 1.82) is 5.26 Å². The first-order valence-electron chi connectivity index (χ1n) is 5.48. The fourth-order valence-corrected chi connectivity index (χ4v) is 3.30. The Morgan fingerprint density at radius 3 is 2.41 bits per heavy atom. The standard InChI is InChI=1S/C13H17NO2S/c1-11-6-4-5-7-12(11)17(15,16)9-8-13(2,3)10-14/h4-7H,8-9H2,1-3H3. The van der Waals surface area contributed by atoms with Gasteiger partial charge in [-0.2, -0.15) is 5.26 Å². The van der Waals surface area contributed by atoms with Crippen LogP contribution in [-0.4, -0.2) is 14.2 Å². The van der Waals surface area contributed by atoms with Crippen molar-refractivity contribution < 1.29 is 8.42 Å². The highest BCUT2D eigenvalue weighted by atomic mass is 32.2. The zero-order chi connectivity index (χ0) is 13.1. The van der Waals surface area contributed by atoms with Crippen molar-refractivity contribution in [2.45, 2.75) is 32.1 Å². The monoisotopic (exact) mass is 251 g/mol. The highest BCUT2D eigenvalue weighted by Crippen LogP contribution is 2.23. The molecule has 0 aliphatic heterocycles. The van der Waals surface area contributed by atoms with E-state index in [1.54, 1.807) is 39.0 Å². The van der Waals surface area contributed by atoms with Gasteiger partial charge in [0, 0.05) is 0 Å². The van der Waals surface area contributed by atoms with Gasteiger partial charge in [0.05, 0.1) is 22.1 Å². The summed E-state index contributed by atoms with van der Waals surface area (Å²) in [6.07, 6.45) is 0.347. The normalized spacial score (nSPS) is 12.1. The maximum Gasteiger partial charge on any atom is 0.178 e. The van der Waals surface area contributed by atoms with Crippen LogP contribution < -0.4 is 0 Å². The van der Waals surface area contributed by atoms with Crippen molar-refractivity contribution in [1.82, 2.24) is 0 Å². The van der Waals surface area contributed by atoms with Crippen molar-refractivity contribution in [2.24, 2.45) is 5.41 Å². The van der Waals surface area contributed by atoms with Crippen molar-refractivity contribution >= 4 is 9.84 Å². The molecule has 0 aliphatic rings. The minimum absolute atomic E-state index is 0.0123. The lowest BCUT2D eigenvalue weighted by Gasteiger charge is -2.15. The summed E-state index contributed by atoms with van der Waals surface area (Å²) in [6.45, 7) is 5.28. The predicted molar refractivity (Wildman–Crippen MR) is 67.2 cm³/mol. The molecule has 0 bridgehead atoms. The molecule has 17 heavy (non-hydrogen) atoms. The molecule has 0 spiro atoms. The third kappa shape index (κ3) is 3.57. The molecule has 1 aromatic rings. The van der Waals surface area contributed by atoms with Gasteiger partial charge in [-0.05, 0) is 38.8 Å². The van der Waals surface area contributed by atoms with Crippen LogP contribution in [0, 0.1) is 23.7 Å². The number of hydrogen-bond donors (Lipinski definition) is 0. The van der Waals surface area contributed by atoms with E-state index < -0.39 is 15.3 Å². The van der Waals surface area contributed by atoms with E-state index in [0.29, 0.717) is 11.3 Å². The molecule has 1 aromatic carbocycles. The van der Waals surface area contributed by atoms with E-state index in [9.17, 15) is 8.42 Å². The molecule has 1 rings (SSSR count). The number of hydrogen-bond acceptors (Lipinski definition) is 3. The SMILES string of the molecule is Cc1ccccc1S(=O)(=O)CCC(C)(C)C#N. The number of sulfone groups is 1. The molecule has 0 aromatic heterocycles. The van der Waals surface area contributed by atoms with E-state index in [-0.39, 0.29) is 5.75 Å². The van der Waals surface area contributed by atoms with Crippen LogP contribution in [0.3, 0.4) is 0 Å². The molecule has 0 heterocycles. The summed E-state index contributed by atoms with van der Waals surface area (Å²) >= 11 is 0. The molecule has 0 saturated heterocycles. The Kier molecular flexibility index (Phi) is 3.94. The first-order chi connectivity index (χ1) is 7.78. The van der Waals surface area contributed by atoms with Crippen molar-refractivity contribution in [2.75, 3.05) is 5.75 Å². The highest BCUT2D eigenvalue weighted by molar-refractivity contribution is 7.91. The summed E-state index contributed by atoms with van der Waals surface area (Å²) in [6, 6.07) is 9.04. The van der Waals surface area contributed by atoms with Gasteiger partial charge in [-0.15, -0.1) is 0 Å². The highest BCUT2D eigenvalue weighted by Gasteiger charge is 2.23. The third-order valence-corrected chi connectivity index (χ3v) is 4.60. The maximum atomic E-state index is 12.1. The summed E-state index contributed by atoms with van der Waals surface area (Å²) in [4.78, 5) is 0.369. The summed E-state index contributed by atoms with van der Waals surface area (Å²) in [5, 5.41) is 8.87. The second-order valence-electron chi connectivity index (χ2n) is 4.83. The number of nitriles is 1. The van der Waals surface area contributed by atoms with Crippen LogP contribution in [0.15, 0.2) is 29.2 Å². The molecular weight excluding hydrogens is 234 g/mol. The van der Waals surface area contributed by atoms with E-state index in [0.717, 1.165) is 5.56 Å². The number of aryl methyl sites for hydroxylation is 1. The van der Waals surface area contributed by atoms with E-state index in [1.807, 2.05) is 6.07 Å². The number of benzene rings is 1. The van der Waals surface area contributed by atoms with Gasteiger partial charge in [0.15, 0.2) is 9.84 Å². The summed E-state index contributed by atoms with van der Waals surface area (Å²) in [5.74, 6) is 0.0123. The van der Waals surface area contributed by atoms with Gasteiger partial charge in [0.1, 0.15) is 0 Å². The Morgan fingerprint density at radius 2 is 1.88 bits per heavy atom. The van der Waals surface area contributed by atoms with Crippen LogP contribution in [-0.2, 0) is 9.84 Å². The first-order valence-corrected chi connectivity index (χ1v) is 7.13. The predicted octanol–water partition coefficient (Wildman–Crippen LogP) is 2.71. The molecule has 0 atom stereocenters. The van der Waals surface area contributed by atoms with Gasteiger partial charge in [-0.1, -0.05) is 18.2 Å². The molecule has 0 amide bonds. The Hall–Kier alpha value is -1.34. The number of nitrogens with zero attached hydrogens (tertiary/aromatic N) is 1. The number of rotatable bonds is 4. The zero-order valence-electron chi connectivity index (χ0n) is 10.4. The summed E-state index contributed by atoms with van der Waals surface area (Å²) in [7, 11) is -3.29. The molecule has 4 heteroatoms.